The lowest BCUT2D eigenvalue weighted by Crippen LogP contribution is -2.23. The van der Waals surface area contributed by atoms with Gasteiger partial charge in [-0.25, -0.2) is 0 Å². The lowest BCUT2D eigenvalue weighted by Gasteiger charge is -2.22. The molecule has 1 heterocycles. The number of benzene rings is 1. The maximum absolute atomic E-state index is 7.85. The summed E-state index contributed by atoms with van der Waals surface area (Å²) >= 11 is 0. The molecule has 1 aromatic carbocycles. The van der Waals surface area contributed by atoms with Gasteiger partial charge in [0.15, 0.2) is 0 Å². The molecule has 16 heavy (non-hydrogen) atoms. The summed E-state index contributed by atoms with van der Waals surface area (Å²) in [6, 6.07) is 8.64. The van der Waals surface area contributed by atoms with Crippen molar-refractivity contribution in [1.29, 1.82) is 5.41 Å². The summed E-state index contributed by atoms with van der Waals surface area (Å²) in [5.74, 6) is 0.753. The Bertz CT molecular complexity index is 384. The van der Waals surface area contributed by atoms with Crippen LogP contribution in [-0.4, -0.2) is 12.4 Å². The smallest absolute Gasteiger partial charge is 0.100 e. The predicted octanol–water partition coefficient (Wildman–Crippen LogP) is 3.56. The fraction of sp³-hybridized carbons (Fsp3) is 0.500. The molecule has 2 nitrogen and oxygen atoms in total. The molecule has 0 bridgehead atoms. The molecule has 0 radical (unpaired) electrons. The first-order valence-electron chi connectivity index (χ1n) is 5.94. The van der Waals surface area contributed by atoms with E-state index in [0.717, 1.165) is 30.9 Å². The maximum Gasteiger partial charge on any atom is 0.100 e. The van der Waals surface area contributed by atoms with Gasteiger partial charge in [0.2, 0.25) is 0 Å². The van der Waals surface area contributed by atoms with Crippen LogP contribution in [0.3, 0.4) is 0 Å². The number of hydrogen-bond acceptors (Lipinski definition) is 1. The molecule has 0 spiro atoms. The molecule has 1 aliphatic heterocycles. The first-order valence-corrected chi connectivity index (χ1v) is 5.94. The van der Waals surface area contributed by atoms with E-state index < -0.39 is 0 Å². The minimum absolute atomic E-state index is 0.205. The molecule has 1 saturated heterocycles. The van der Waals surface area contributed by atoms with Crippen molar-refractivity contribution >= 4 is 11.5 Å². The first kappa shape index (κ1) is 11.2. The molecule has 0 saturated carbocycles. The van der Waals surface area contributed by atoms with Crippen LogP contribution in [-0.2, 0) is 5.41 Å². The number of rotatable bonds is 1. The van der Waals surface area contributed by atoms with E-state index in [1.165, 1.54) is 5.56 Å². The van der Waals surface area contributed by atoms with E-state index in [-0.39, 0.29) is 5.41 Å². The molecule has 86 valence electrons. The average molecular weight is 216 g/mol. The highest BCUT2D eigenvalue weighted by Crippen LogP contribution is 2.26. The Hall–Kier alpha value is -1.31. The molecular formula is C14H20N2. The van der Waals surface area contributed by atoms with E-state index in [4.69, 9.17) is 5.41 Å². The van der Waals surface area contributed by atoms with Crippen LogP contribution < -0.4 is 4.90 Å². The normalized spacial score (nSPS) is 16.9. The van der Waals surface area contributed by atoms with Crippen molar-refractivity contribution < 1.29 is 0 Å². The zero-order chi connectivity index (χ0) is 11.8. The monoisotopic (exact) mass is 216 g/mol. The highest BCUT2D eigenvalue weighted by molar-refractivity contribution is 5.97. The molecule has 0 aliphatic carbocycles. The summed E-state index contributed by atoms with van der Waals surface area (Å²) in [5.41, 5.74) is 2.72. The van der Waals surface area contributed by atoms with Gasteiger partial charge in [0, 0.05) is 18.7 Å². The van der Waals surface area contributed by atoms with E-state index >= 15 is 0 Å². The van der Waals surface area contributed by atoms with Gasteiger partial charge in [0.05, 0.1) is 0 Å². The predicted molar refractivity (Wildman–Crippen MR) is 69.4 cm³/mol. The Morgan fingerprint density at radius 3 is 2.19 bits per heavy atom. The second-order valence-electron chi connectivity index (χ2n) is 5.50. The Balaban J connectivity index is 2.22. The average Bonchev–Trinajstić information content (AvgIpc) is 2.63. The van der Waals surface area contributed by atoms with E-state index in [2.05, 4.69) is 49.9 Å². The molecule has 0 amide bonds. The van der Waals surface area contributed by atoms with Crippen molar-refractivity contribution in [3.05, 3.63) is 29.8 Å². The van der Waals surface area contributed by atoms with E-state index in [1.54, 1.807) is 0 Å². The number of hydrogen-bond donors (Lipinski definition) is 1. The van der Waals surface area contributed by atoms with Crippen LogP contribution in [0, 0.1) is 5.41 Å². The van der Waals surface area contributed by atoms with E-state index in [0.29, 0.717) is 0 Å². The maximum atomic E-state index is 7.85. The van der Waals surface area contributed by atoms with Gasteiger partial charge in [0.25, 0.3) is 0 Å². The van der Waals surface area contributed by atoms with Gasteiger partial charge >= 0.3 is 0 Å². The zero-order valence-corrected chi connectivity index (χ0v) is 10.4. The van der Waals surface area contributed by atoms with E-state index in [1.807, 2.05) is 0 Å². The molecule has 1 N–H and O–H groups in total. The molecule has 0 atom stereocenters. The van der Waals surface area contributed by atoms with Crippen molar-refractivity contribution in [2.24, 2.45) is 0 Å². The minimum atomic E-state index is 0.205. The van der Waals surface area contributed by atoms with Crippen molar-refractivity contribution in [3.63, 3.8) is 0 Å². The highest BCUT2D eigenvalue weighted by atomic mass is 15.2. The molecule has 1 aromatic rings. The minimum Gasteiger partial charge on any atom is -0.330 e. The zero-order valence-electron chi connectivity index (χ0n) is 10.4. The van der Waals surface area contributed by atoms with Crippen LogP contribution in [0.2, 0.25) is 0 Å². The van der Waals surface area contributed by atoms with Crippen LogP contribution >= 0.6 is 0 Å². The van der Waals surface area contributed by atoms with Crippen molar-refractivity contribution in [2.75, 3.05) is 11.4 Å². The number of anilines is 1. The second-order valence-corrected chi connectivity index (χ2v) is 5.50. The summed E-state index contributed by atoms with van der Waals surface area (Å²) in [4.78, 5) is 2.10. The topological polar surface area (TPSA) is 27.1 Å². The number of nitrogens with zero attached hydrogens (tertiary/aromatic N) is 1. The van der Waals surface area contributed by atoms with Crippen molar-refractivity contribution in [1.82, 2.24) is 0 Å². The summed E-state index contributed by atoms with van der Waals surface area (Å²) in [7, 11) is 0. The summed E-state index contributed by atoms with van der Waals surface area (Å²) in [6.45, 7) is 7.66. The largest absolute Gasteiger partial charge is 0.330 e. The third kappa shape index (κ3) is 2.11. The van der Waals surface area contributed by atoms with Gasteiger partial charge in [-0.2, -0.15) is 0 Å². The van der Waals surface area contributed by atoms with Crippen molar-refractivity contribution in [3.8, 4) is 0 Å². The Morgan fingerprint density at radius 2 is 1.75 bits per heavy atom. The van der Waals surface area contributed by atoms with Crippen LogP contribution in [0.5, 0.6) is 0 Å². The highest BCUT2D eigenvalue weighted by Gasteiger charge is 2.19. The fourth-order valence-corrected chi connectivity index (χ4v) is 2.10. The van der Waals surface area contributed by atoms with Gasteiger partial charge in [-0.05, 0) is 29.5 Å². The number of amidine groups is 1. The Morgan fingerprint density at radius 1 is 1.12 bits per heavy atom. The quantitative estimate of drug-likeness (QED) is 0.763. The Kier molecular flexibility index (Phi) is 2.75. The van der Waals surface area contributed by atoms with Crippen LogP contribution in [0.4, 0.5) is 5.69 Å². The third-order valence-corrected chi connectivity index (χ3v) is 3.17. The third-order valence-electron chi connectivity index (χ3n) is 3.17. The summed E-state index contributed by atoms with van der Waals surface area (Å²) < 4.78 is 0. The van der Waals surface area contributed by atoms with Gasteiger partial charge < -0.3 is 4.90 Å². The van der Waals surface area contributed by atoms with Crippen LogP contribution in [0.15, 0.2) is 24.3 Å². The number of nitrogens with one attached hydrogen (secondary N) is 1. The molecule has 2 heteroatoms. The van der Waals surface area contributed by atoms with Crippen molar-refractivity contribution in [2.45, 2.75) is 39.0 Å². The molecule has 0 unspecified atom stereocenters. The van der Waals surface area contributed by atoms with Crippen LogP contribution in [0.1, 0.15) is 39.2 Å². The molecular weight excluding hydrogens is 196 g/mol. The molecule has 0 aromatic heterocycles. The SMILES string of the molecule is CC(C)(C)c1ccc(N2CCCC2=N)cc1. The molecule has 1 aliphatic rings. The van der Waals surface area contributed by atoms with Gasteiger partial charge in [0.1, 0.15) is 5.84 Å². The van der Waals surface area contributed by atoms with E-state index in [9.17, 15) is 0 Å². The molecule has 1 fully saturated rings. The standard InChI is InChI=1S/C14H20N2/c1-14(2,3)11-6-8-12(9-7-11)16-10-4-5-13(16)15/h6-9,15H,4-5,10H2,1-3H3. The van der Waals surface area contributed by atoms with Gasteiger partial charge in [-0.3, -0.25) is 5.41 Å². The Labute approximate surface area is 97.8 Å². The first-order chi connectivity index (χ1) is 7.48. The summed E-state index contributed by atoms with van der Waals surface area (Å²) in [5, 5.41) is 7.85. The van der Waals surface area contributed by atoms with Gasteiger partial charge in [-0.15, -0.1) is 0 Å². The fourth-order valence-electron chi connectivity index (χ4n) is 2.10. The van der Waals surface area contributed by atoms with Gasteiger partial charge in [-0.1, -0.05) is 32.9 Å². The molecule has 2 rings (SSSR count). The summed E-state index contributed by atoms with van der Waals surface area (Å²) in [6.07, 6.45) is 2.03. The lowest BCUT2D eigenvalue weighted by molar-refractivity contribution is 0.590. The second kappa shape index (κ2) is 3.93. The lowest BCUT2D eigenvalue weighted by atomic mass is 9.87. The van der Waals surface area contributed by atoms with Crippen LogP contribution in [0.25, 0.3) is 0 Å².